The molecule has 2 rings (SSSR count). The Hall–Kier alpha value is -1.87. The smallest absolute Gasteiger partial charge is 0.120 e. The molecule has 100 valence electrons. The first-order valence-corrected chi connectivity index (χ1v) is 6.56. The van der Waals surface area contributed by atoms with E-state index >= 15 is 0 Å². The molecule has 3 heteroatoms. The summed E-state index contributed by atoms with van der Waals surface area (Å²) in [6.07, 6.45) is 4.57. The van der Waals surface area contributed by atoms with E-state index in [1.54, 1.807) is 6.20 Å². The van der Waals surface area contributed by atoms with Crippen molar-refractivity contribution in [3.8, 4) is 5.75 Å². The number of ether oxygens (including phenoxy) is 1. The fraction of sp³-hybridized carbons (Fsp3) is 0.312. The van der Waals surface area contributed by atoms with Crippen LogP contribution in [0.15, 0.2) is 48.8 Å². The first-order valence-electron chi connectivity index (χ1n) is 6.56. The van der Waals surface area contributed by atoms with Gasteiger partial charge in [0.2, 0.25) is 0 Å². The lowest BCUT2D eigenvalue weighted by Gasteiger charge is -2.15. The van der Waals surface area contributed by atoms with E-state index in [-0.39, 0.29) is 12.1 Å². The lowest BCUT2D eigenvalue weighted by Crippen LogP contribution is -2.14. The molecule has 0 fully saturated rings. The summed E-state index contributed by atoms with van der Waals surface area (Å²) in [4.78, 5) is 4.11. The summed E-state index contributed by atoms with van der Waals surface area (Å²) in [5, 5.41) is 0. The summed E-state index contributed by atoms with van der Waals surface area (Å²) in [5.74, 6) is 0.870. The Morgan fingerprint density at radius 3 is 2.74 bits per heavy atom. The topological polar surface area (TPSA) is 48.1 Å². The van der Waals surface area contributed by atoms with Gasteiger partial charge >= 0.3 is 0 Å². The zero-order chi connectivity index (χ0) is 13.7. The molecule has 0 spiro atoms. The number of pyridine rings is 1. The minimum atomic E-state index is -0.0417. The highest BCUT2D eigenvalue weighted by Gasteiger charge is 2.08. The molecule has 1 aromatic heterocycles. The predicted molar refractivity (Wildman–Crippen MR) is 77.1 cm³/mol. The van der Waals surface area contributed by atoms with Crippen LogP contribution < -0.4 is 10.5 Å². The van der Waals surface area contributed by atoms with E-state index in [2.05, 4.69) is 4.98 Å². The van der Waals surface area contributed by atoms with Crippen molar-refractivity contribution in [1.29, 1.82) is 0 Å². The zero-order valence-electron chi connectivity index (χ0n) is 11.4. The van der Waals surface area contributed by atoms with Crippen LogP contribution in [0.25, 0.3) is 0 Å². The molecule has 0 radical (unpaired) electrons. The van der Waals surface area contributed by atoms with E-state index in [1.165, 1.54) is 0 Å². The van der Waals surface area contributed by atoms with Crippen LogP contribution in [-0.2, 0) is 6.42 Å². The van der Waals surface area contributed by atoms with Crippen LogP contribution in [0.3, 0.4) is 0 Å². The fourth-order valence-electron chi connectivity index (χ4n) is 1.98. The monoisotopic (exact) mass is 256 g/mol. The molecule has 0 saturated carbocycles. The Bertz CT molecular complexity index is 511. The third kappa shape index (κ3) is 4.07. The predicted octanol–water partition coefficient (Wildman–Crippen LogP) is 3.11. The van der Waals surface area contributed by atoms with Crippen molar-refractivity contribution >= 4 is 0 Å². The second-order valence-electron chi connectivity index (χ2n) is 4.91. The van der Waals surface area contributed by atoms with Gasteiger partial charge in [-0.05, 0) is 49.6 Å². The summed E-state index contributed by atoms with van der Waals surface area (Å²) in [6.45, 7) is 4.03. The summed E-state index contributed by atoms with van der Waals surface area (Å²) in [6, 6.07) is 11.9. The van der Waals surface area contributed by atoms with Crippen molar-refractivity contribution in [3.05, 3.63) is 59.9 Å². The van der Waals surface area contributed by atoms with Gasteiger partial charge in [0.25, 0.3) is 0 Å². The third-order valence-electron chi connectivity index (χ3n) is 2.84. The highest BCUT2D eigenvalue weighted by atomic mass is 16.5. The number of nitrogens with zero attached hydrogens (tertiary/aromatic N) is 1. The van der Waals surface area contributed by atoms with Crippen LogP contribution >= 0.6 is 0 Å². The molecule has 1 aromatic carbocycles. The quantitative estimate of drug-likeness (QED) is 0.894. The van der Waals surface area contributed by atoms with Crippen molar-refractivity contribution in [2.75, 3.05) is 0 Å². The van der Waals surface area contributed by atoms with E-state index < -0.39 is 0 Å². The average Bonchev–Trinajstić information content (AvgIpc) is 2.39. The third-order valence-corrected chi connectivity index (χ3v) is 2.84. The standard InChI is InChI=1S/C16H20N2O/c1-12(2)19-15-7-3-6-14(10-15)16(17)9-13-5-4-8-18-11-13/h3-8,10-12,16H,9,17H2,1-2H3. The van der Waals surface area contributed by atoms with Gasteiger partial charge in [-0.3, -0.25) is 4.98 Å². The maximum Gasteiger partial charge on any atom is 0.120 e. The van der Waals surface area contributed by atoms with Crippen LogP contribution in [0.5, 0.6) is 5.75 Å². The van der Waals surface area contributed by atoms with Crippen molar-refractivity contribution in [1.82, 2.24) is 4.98 Å². The second kappa shape index (κ2) is 6.34. The van der Waals surface area contributed by atoms with E-state index in [1.807, 2.05) is 56.4 Å². The maximum absolute atomic E-state index is 6.24. The average molecular weight is 256 g/mol. The molecule has 2 N–H and O–H groups in total. The fourth-order valence-corrected chi connectivity index (χ4v) is 1.98. The van der Waals surface area contributed by atoms with Crippen LogP contribution in [0.4, 0.5) is 0 Å². The Morgan fingerprint density at radius 1 is 1.21 bits per heavy atom. The van der Waals surface area contributed by atoms with Gasteiger partial charge in [-0.25, -0.2) is 0 Å². The molecule has 0 saturated heterocycles. The van der Waals surface area contributed by atoms with Gasteiger partial charge < -0.3 is 10.5 Å². The molecule has 0 aliphatic rings. The number of rotatable bonds is 5. The minimum absolute atomic E-state index is 0.0417. The van der Waals surface area contributed by atoms with E-state index in [4.69, 9.17) is 10.5 Å². The van der Waals surface area contributed by atoms with Crippen LogP contribution in [0.2, 0.25) is 0 Å². The Balaban J connectivity index is 2.08. The molecule has 0 aliphatic heterocycles. The number of hydrogen-bond acceptors (Lipinski definition) is 3. The van der Waals surface area contributed by atoms with Crippen molar-refractivity contribution < 1.29 is 4.74 Å². The molecule has 2 aromatic rings. The highest BCUT2D eigenvalue weighted by molar-refractivity contribution is 5.31. The lowest BCUT2D eigenvalue weighted by molar-refractivity contribution is 0.242. The van der Waals surface area contributed by atoms with Crippen molar-refractivity contribution in [2.24, 2.45) is 5.73 Å². The highest BCUT2D eigenvalue weighted by Crippen LogP contribution is 2.21. The van der Waals surface area contributed by atoms with Crippen LogP contribution in [-0.4, -0.2) is 11.1 Å². The lowest BCUT2D eigenvalue weighted by atomic mass is 10.0. The van der Waals surface area contributed by atoms with Gasteiger partial charge in [0.15, 0.2) is 0 Å². The Labute approximate surface area is 114 Å². The molecule has 19 heavy (non-hydrogen) atoms. The van der Waals surface area contributed by atoms with Crippen molar-refractivity contribution in [3.63, 3.8) is 0 Å². The first kappa shape index (κ1) is 13.6. The Kier molecular flexibility index (Phi) is 4.53. The molecule has 1 unspecified atom stereocenters. The van der Waals surface area contributed by atoms with E-state index in [0.717, 1.165) is 23.3 Å². The normalized spacial score (nSPS) is 12.4. The summed E-state index contributed by atoms with van der Waals surface area (Å²) in [7, 11) is 0. The van der Waals surface area contributed by atoms with Crippen LogP contribution in [0, 0.1) is 0 Å². The largest absolute Gasteiger partial charge is 0.491 e. The van der Waals surface area contributed by atoms with Crippen molar-refractivity contribution in [2.45, 2.75) is 32.4 Å². The van der Waals surface area contributed by atoms with Gasteiger partial charge in [0.1, 0.15) is 5.75 Å². The Morgan fingerprint density at radius 2 is 2.05 bits per heavy atom. The summed E-state index contributed by atoms with van der Waals surface area (Å²) >= 11 is 0. The SMILES string of the molecule is CC(C)Oc1cccc(C(N)Cc2cccnc2)c1. The number of hydrogen-bond donors (Lipinski definition) is 1. The van der Waals surface area contributed by atoms with Crippen LogP contribution in [0.1, 0.15) is 31.0 Å². The number of aromatic nitrogens is 1. The van der Waals surface area contributed by atoms with E-state index in [0.29, 0.717) is 0 Å². The summed E-state index contributed by atoms with van der Waals surface area (Å²) < 4.78 is 5.69. The maximum atomic E-state index is 6.24. The van der Waals surface area contributed by atoms with E-state index in [9.17, 15) is 0 Å². The molecule has 0 amide bonds. The molecule has 0 bridgehead atoms. The zero-order valence-corrected chi connectivity index (χ0v) is 11.4. The van der Waals surface area contributed by atoms with Gasteiger partial charge in [0.05, 0.1) is 6.10 Å². The molecular formula is C16H20N2O. The molecule has 1 atom stereocenters. The number of nitrogens with two attached hydrogens (primary N) is 1. The van der Waals surface area contributed by atoms with Gasteiger partial charge in [-0.1, -0.05) is 18.2 Å². The van der Waals surface area contributed by atoms with Gasteiger partial charge in [-0.15, -0.1) is 0 Å². The first-order chi connectivity index (χ1) is 9.15. The summed E-state index contributed by atoms with van der Waals surface area (Å²) in [5.41, 5.74) is 8.47. The molecular weight excluding hydrogens is 236 g/mol. The van der Waals surface area contributed by atoms with Gasteiger partial charge in [-0.2, -0.15) is 0 Å². The second-order valence-corrected chi connectivity index (χ2v) is 4.91. The number of benzene rings is 1. The minimum Gasteiger partial charge on any atom is -0.491 e. The molecule has 0 aliphatic carbocycles. The molecule has 1 heterocycles. The molecule has 3 nitrogen and oxygen atoms in total. The van der Waals surface area contributed by atoms with Gasteiger partial charge in [0, 0.05) is 18.4 Å².